The first kappa shape index (κ1) is 9.01. The minimum atomic E-state index is -0.591. The number of aromatic amines is 1. The van der Waals surface area contributed by atoms with E-state index in [1.54, 1.807) is 4.57 Å². The Hall–Kier alpha value is -1.56. The molecule has 6 heteroatoms. The van der Waals surface area contributed by atoms with Crippen LogP contribution in [0, 0.1) is 0 Å². The van der Waals surface area contributed by atoms with Crippen LogP contribution < -0.4 is 16.7 Å². The number of imidazole rings is 1. The Labute approximate surface area is 80.1 Å². The monoisotopic (exact) mass is 196 g/mol. The summed E-state index contributed by atoms with van der Waals surface area (Å²) in [4.78, 5) is 24.9. The van der Waals surface area contributed by atoms with Crippen LogP contribution in [0.2, 0.25) is 0 Å². The first-order chi connectivity index (χ1) is 6.59. The summed E-state index contributed by atoms with van der Waals surface area (Å²) in [7, 11) is 0. The van der Waals surface area contributed by atoms with Crippen LogP contribution in [0.15, 0.2) is 4.79 Å². The van der Waals surface area contributed by atoms with Crippen molar-refractivity contribution in [1.29, 1.82) is 0 Å². The first-order valence-corrected chi connectivity index (χ1v) is 4.44. The molecule has 0 aromatic carbocycles. The highest BCUT2D eigenvalue weighted by molar-refractivity contribution is 5.91. The maximum absolute atomic E-state index is 11.4. The molecule has 4 N–H and O–H groups in total. The van der Waals surface area contributed by atoms with E-state index in [0.29, 0.717) is 18.8 Å². The largest absolute Gasteiger partial charge is 0.364 e. The lowest BCUT2D eigenvalue weighted by Gasteiger charge is -2.21. The number of primary amides is 1. The Morgan fingerprint density at radius 1 is 1.64 bits per heavy atom. The summed E-state index contributed by atoms with van der Waals surface area (Å²) in [5.74, 6) is -0.591. The first-order valence-electron chi connectivity index (χ1n) is 4.44. The molecule has 0 spiro atoms. The van der Waals surface area contributed by atoms with Crippen molar-refractivity contribution in [3.05, 3.63) is 21.9 Å². The molecule has 0 saturated heterocycles. The molecule has 0 radical (unpaired) electrons. The number of rotatable bonds is 1. The fourth-order valence-corrected chi connectivity index (χ4v) is 1.69. The van der Waals surface area contributed by atoms with Crippen LogP contribution in [-0.4, -0.2) is 21.5 Å². The Balaban J connectivity index is 2.54. The average Bonchev–Trinajstić information content (AvgIpc) is 2.44. The normalized spacial score (nSPS) is 20.5. The molecular weight excluding hydrogens is 184 g/mol. The zero-order valence-electron chi connectivity index (χ0n) is 7.83. The summed E-state index contributed by atoms with van der Waals surface area (Å²) in [6.07, 6.45) is 0. The van der Waals surface area contributed by atoms with Gasteiger partial charge >= 0.3 is 5.69 Å². The van der Waals surface area contributed by atoms with E-state index in [4.69, 9.17) is 5.73 Å². The fourth-order valence-electron chi connectivity index (χ4n) is 1.69. The van der Waals surface area contributed by atoms with Crippen molar-refractivity contribution in [2.45, 2.75) is 26.1 Å². The number of hydrogen-bond donors (Lipinski definition) is 3. The zero-order valence-corrected chi connectivity index (χ0v) is 7.83. The predicted octanol–water partition coefficient (Wildman–Crippen LogP) is -1.23. The van der Waals surface area contributed by atoms with Crippen molar-refractivity contribution in [3.8, 4) is 0 Å². The summed E-state index contributed by atoms with van der Waals surface area (Å²) in [6.45, 7) is 3.04. The van der Waals surface area contributed by atoms with Crippen LogP contribution in [0.25, 0.3) is 0 Å². The molecule has 0 bridgehead atoms. The second-order valence-corrected chi connectivity index (χ2v) is 3.51. The molecule has 1 aromatic heterocycles. The second kappa shape index (κ2) is 2.98. The van der Waals surface area contributed by atoms with Gasteiger partial charge in [-0.2, -0.15) is 0 Å². The zero-order chi connectivity index (χ0) is 10.3. The van der Waals surface area contributed by atoms with Gasteiger partial charge in [-0.15, -0.1) is 0 Å². The Morgan fingerprint density at radius 2 is 2.36 bits per heavy atom. The number of aromatic nitrogens is 2. The number of carbonyl (C=O) groups excluding carboxylic acids is 1. The smallest absolute Gasteiger partial charge is 0.326 e. The van der Waals surface area contributed by atoms with Crippen LogP contribution in [0.3, 0.4) is 0 Å². The summed E-state index contributed by atoms with van der Waals surface area (Å²) in [5, 5.41) is 3.16. The van der Waals surface area contributed by atoms with E-state index in [2.05, 4.69) is 10.3 Å². The molecule has 1 amide bonds. The molecule has 0 fully saturated rings. The van der Waals surface area contributed by atoms with Gasteiger partial charge in [-0.25, -0.2) is 4.79 Å². The van der Waals surface area contributed by atoms with Gasteiger partial charge in [0, 0.05) is 19.1 Å². The van der Waals surface area contributed by atoms with E-state index in [1.807, 2.05) is 6.92 Å². The van der Waals surface area contributed by atoms with Gasteiger partial charge in [-0.3, -0.25) is 9.36 Å². The second-order valence-electron chi connectivity index (χ2n) is 3.51. The SMILES string of the molecule is CC1Cn2c(c(C(N)=O)[nH]c2=O)CN1. The summed E-state index contributed by atoms with van der Waals surface area (Å²) < 4.78 is 1.56. The molecule has 1 aromatic rings. The number of nitrogens with two attached hydrogens (primary N) is 1. The third-order valence-corrected chi connectivity index (χ3v) is 2.41. The maximum Gasteiger partial charge on any atom is 0.326 e. The van der Waals surface area contributed by atoms with Crippen molar-refractivity contribution >= 4 is 5.91 Å². The molecule has 0 aliphatic carbocycles. The van der Waals surface area contributed by atoms with E-state index in [-0.39, 0.29) is 17.4 Å². The summed E-state index contributed by atoms with van der Waals surface area (Å²) >= 11 is 0. The molecule has 0 saturated carbocycles. The lowest BCUT2D eigenvalue weighted by Crippen LogP contribution is -2.40. The Bertz CT molecular complexity index is 431. The third kappa shape index (κ3) is 1.24. The molecule has 2 rings (SSSR count). The molecule has 1 atom stereocenters. The standard InChI is InChI=1S/C8H12N4O2/c1-4-3-12-5(2-10-4)6(7(9)13)11-8(12)14/h4,10H,2-3H2,1H3,(H2,9,13)(H,11,14). The van der Waals surface area contributed by atoms with E-state index in [0.717, 1.165) is 0 Å². The van der Waals surface area contributed by atoms with Gasteiger partial charge in [-0.1, -0.05) is 0 Å². The minimum Gasteiger partial charge on any atom is -0.364 e. The van der Waals surface area contributed by atoms with Crippen molar-refractivity contribution < 1.29 is 4.79 Å². The van der Waals surface area contributed by atoms with E-state index in [1.165, 1.54) is 0 Å². The van der Waals surface area contributed by atoms with Crippen LogP contribution in [0.1, 0.15) is 23.1 Å². The highest BCUT2D eigenvalue weighted by atomic mass is 16.2. The predicted molar refractivity (Wildman–Crippen MR) is 49.9 cm³/mol. The van der Waals surface area contributed by atoms with Crippen molar-refractivity contribution in [2.75, 3.05) is 0 Å². The van der Waals surface area contributed by atoms with Gasteiger partial charge < -0.3 is 16.0 Å². The van der Waals surface area contributed by atoms with Gasteiger partial charge in [0.05, 0.1) is 5.69 Å². The van der Waals surface area contributed by atoms with Crippen molar-refractivity contribution in [3.63, 3.8) is 0 Å². The van der Waals surface area contributed by atoms with Crippen LogP contribution in [-0.2, 0) is 13.1 Å². The molecule has 2 heterocycles. The van der Waals surface area contributed by atoms with Crippen molar-refractivity contribution in [1.82, 2.24) is 14.9 Å². The van der Waals surface area contributed by atoms with E-state index in [9.17, 15) is 9.59 Å². The molecule has 1 aliphatic heterocycles. The quantitative estimate of drug-likeness (QED) is 0.525. The number of fused-ring (bicyclic) bond motifs is 1. The number of amides is 1. The topological polar surface area (TPSA) is 92.9 Å². The van der Waals surface area contributed by atoms with Crippen LogP contribution in [0.5, 0.6) is 0 Å². The van der Waals surface area contributed by atoms with Crippen molar-refractivity contribution in [2.24, 2.45) is 5.73 Å². The van der Waals surface area contributed by atoms with Gasteiger partial charge in [0.2, 0.25) is 0 Å². The summed E-state index contributed by atoms with van der Waals surface area (Å²) in [5.41, 5.74) is 5.74. The Kier molecular flexibility index (Phi) is 1.92. The maximum atomic E-state index is 11.4. The number of carbonyl (C=O) groups is 1. The van der Waals surface area contributed by atoms with E-state index >= 15 is 0 Å². The van der Waals surface area contributed by atoms with Gasteiger partial charge in [0.25, 0.3) is 5.91 Å². The highest BCUT2D eigenvalue weighted by Gasteiger charge is 2.22. The van der Waals surface area contributed by atoms with Crippen LogP contribution in [0.4, 0.5) is 0 Å². The molecule has 14 heavy (non-hydrogen) atoms. The number of nitrogens with zero attached hydrogens (tertiary/aromatic N) is 1. The Morgan fingerprint density at radius 3 is 3.00 bits per heavy atom. The minimum absolute atomic E-state index is 0.217. The average molecular weight is 196 g/mol. The van der Waals surface area contributed by atoms with Gasteiger partial charge in [0.15, 0.2) is 0 Å². The number of hydrogen-bond acceptors (Lipinski definition) is 3. The summed E-state index contributed by atoms with van der Waals surface area (Å²) in [6, 6.07) is 0.233. The van der Waals surface area contributed by atoms with E-state index < -0.39 is 5.91 Å². The fraction of sp³-hybridized carbons (Fsp3) is 0.500. The molecule has 1 aliphatic rings. The number of H-pyrrole nitrogens is 1. The number of nitrogens with one attached hydrogen (secondary N) is 2. The molecular formula is C8H12N4O2. The lowest BCUT2D eigenvalue weighted by molar-refractivity contribution is 0.0994. The highest BCUT2D eigenvalue weighted by Crippen LogP contribution is 2.09. The lowest BCUT2D eigenvalue weighted by atomic mass is 10.2. The molecule has 1 unspecified atom stereocenters. The third-order valence-electron chi connectivity index (χ3n) is 2.41. The van der Waals surface area contributed by atoms with Gasteiger partial charge in [-0.05, 0) is 6.92 Å². The molecule has 76 valence electrons. The molecule has 6 nitrogen and oxygen atoms in total. The van der Waals surface area contributed by atoms with Crippen LogP contribution >= 0.6 is 0 Å². The van der Waals surface area contributed by atoms with Gasteiger partial charge in [0.1, 0.15) is 5.69 Å².